The molecule has 2 aromatic rings. The van der Waals surface area contributed by atoms with Crippen molar-refractivity contribution in [3.8, 4) is 0 Å². The topological polar surface area (TPSA) is 52.0 Å². The van der Waals surface area contributed by atoms with Crippen LogP contribution in [0.25, 0.3) is 0 Å². The van der Waals surface area contributed by atoms with Crippen LogP contribution in [0, 0.1) is 16.3 Å². The summed E-state index contributed by atoms with van der Waals surface area (Å²) < 4.78 is 14.5. The number of aromatic nitrogens is 2. The fourth-order valence-corrected chi connectivity index (χ4v) is 2.04. The van der Waals surface area contributed by atoms with E-state index in [1.807, 2.05) is 22.6 Å². The molecule has 1 heterocycles. The highest BCUT2D eigenvalue weighted by Gasteiger charge is 2.11. The van der Waals surface area contributed by atoms with Crippen LogP contribution in [0.1, 0.15) is 16.2 Å². The number of halogens is 2. The monoisotopic (exact) mass is 372 g/mol. The van der Waals surface area contributed by atoms with Gasteiger partial charge in [0.2, 0.25) is 0 Å². The van der Waals surface area contributed by atoms with Crippen LogP contribution in [0.15, 0.2) is 35.3 Å². The Hall–Kier alpha value is -1.57. The third-order valence-corrected chi connectivity index (χ3v) is 3.41. The number of hydrogen-bond acceptors (Lipinski definition) is 3. The van der Waals surface area contributed by atoms with Gasteiger partial charge in [-0.3, -0.25) is 14.2 Å². The molecule has 0 radical (unpaired) electrons. The summed E-state index contributed by atoms with van der Waals surface area (Å²) in [4.78, 5) is 28.0. The average Bonchev–Trinajstić information content (AvgIpc) is 2.40. The number of rotatable bonds is 3. The first-order valence-electron chi connectivity index (χ1n) is 5.50. The van der Waals surface area contributed by atoms with Gasteiger partial charge in [-0.15, -0.1) is 0 Å². The number of carbonyl (C=O) groups excluding carboxylic acids is 1. The Morgan fingerprint density at radius 3 is 2.63 bits per heavy atom. The number of ketones is 1. The molecule has 0 bridgehead atoms. The molecule has 0 aliphatic rings. The molecule has 0 aliphatic heterocycles. The normalized spacial score (nSPS) is 10.5. The molecular formula is C13H10FIN2O2. The van der Waals surface area contributed by atoms with Crippen molar-refractivity contribution in [2.75, 3.05) is 0 Å². The van der Waals surface area contributed by atoms with Crippen LogP contribution in [0.5, 0.6) is 0 Å². The second-order valence-electron chi connectivity index (χ2n) is 3.97. The molecule has 0 fully saturated rings. The minimum absolute atomic E-state index is 0.0971. The fraction of sp³-hybridized carbons (Fsp3) is 0.154. The summed E-state index contributed by atoms with van der Waals surface area (Å²) in [6.07, 6.45) is 1.47. The van der Waals surface area contributed by atoms with Crippen LogP contribution >= 0.6 is 22.6 Å². The van der Waals surface area contributed by atoms with E-state index < -0.39 is 5.82 Å². The smallest absolute Gasteiger partial charge is 0.267 e. The van der Waals surface area contributed by atoms with Crippen molar-refractivity contribution in [1.29, 1.82) is 0 Å². The highest BCUT2D eigenvalue weighted by Crippen LogP contribution is 2.06. The van der Waals surface area contributed by atoms with Crippen LogP contribution in [0.3, 0.4) is 0 Å². The standard InChI is InChI=1S/C13H10FIN2O2/c1-8-16-6-11(15)13(19)17(8)7-12(18)9-2-4-10(14)5-3-9/h2-6H,7H2,1H3. The van der Waals surface area contributed by atoms with Crippen molar-refractivity contribution in [2.45, 2.75) is 13.5 Å². The predicted molar refractivity (Wildman–Crippen MR) is 76.7 cm³/mol. The lowest BCUT2D eigenvalue weighted by molar-refractivity contribution is 0.0969. The molecule has 0 spiro atoms. The Balaban J connectivity index is 2.32. The van der Waals surface area contributed by atoms with Gasteiger partial charge in [-0.25, -0.2) is 9.37 Å². The minimum atomic E-state index is -0.402. The zero-order chi connectivity index (χ0) is 14.0. The molecule has 2 rings (SSSR count). The van der Waals surface area contributed by atoms with Gasteiger partial charge in [0.1, 0.15) is 11.6 Å². The quantitative estimate of drug-likeness (QED) is 0.613. The van der Waals surface area contributed by atoms with Crippen molar-refractivity contribution >= 4 is 28.4 Å². The van der Waals surface area contributed by atoms with E-state index in [0.29, 0.717) is 15.0 Å². The maximum absolute atomic E-state index is 12.8. The number of Topliss-reactive ketones (excluding diaryl/α,β-unsaturated/α-hetero) is 1. The van der Waals surface area contributed by atoms with Crippen LogP contribution < -0.4 is 5.56 Å². The molecule has 0 saturated carbocycles. The highest BCUT2D eigenvalue weighted by atomic mass is 127. The Morgan fingerprint density at radius 2 is 2.00 bits per heavy atom. The van der Waals surface area contributed by atoms with Crippen molar-refractivity contribution in [3.05, 3.63) is 61.6 Å². The van der Waals surface area contributed by atoms with E-state index in [2.05, 4.69) is 4.98 Å². The van der Waals surface area contributed by atoms with Crippen molar-refractivity contribution in [2.24, 2.45) is 0 Å². The summed E-state index contributed by atoms with van der Waals surface area (Å²) in [7, 11) is 0. The van der Waals surface area contributed by atoms with Crippen molar-refractivity contribution < 1.29 is 9.18 Å². The maximum Gasteiger partial charge on any atom is 0.267 e. The summed E-state index contributed by atoms with van der Waals surface area (Å²) in [5.74, 6) is -0.185. The van der Waals surface area contributed by atoms with Gasteiger partial charge in [0.15, 0.2) is 5.78 Å². The largest absolute Gasteiger partial charge is 0.292 e. The van der Waals surface area contributed by atoms with Crippen LogP contribution in [0.2, 0.25) is 0 Å². The molecule has 19 heavy (non-hydrogen) atoms. The Morgan fingerprint density at radius 1 is 1.37 bits per heavy atom. The molecule has 0 unspecified atom stereocenters. The van der Waals surface area contributed by atoms with Gasteiger partial charge < -0.3 is 0 Å². The first-order valence-corrected chi connectivity index (χ1v) is 6.57. The van der Waals surface area contributed by atoms with Crippen LogP contribution in [-0.4, -0.2) is 15.3 Å². The Kier molecular flexibility index (Phi) is 4.08. The molecule has 98 valence electrons. The lowest BCUT2D eigenvalue weighted by Crippen LogP contribution is -2.28. The fourth-order valence-electron chi connectivity index (χ4n) is 1.61. The predicted octanol–water partition coefficient (Wildman–Crippen LogP) is 2.18. The summed E-state index contributed by atoms with van der Waals surface area (Å²) >= 11 is 1.88. The lowest BCUT2D eigenvalue weighted by atomic mass is 10.1. The van der Waals surface area contributed by atoms with Crippen molar-refractivity contribution in [3.63, 3.8) is 0 Å². The third kappa shape index (κ3) is 3.06. The van der Waals surface area contributed by atoms with E-state index >= 15 is 0 Å². The molecule has 1 aromatic carbocycles. The maximum atomic E-state index is 12.8. The third-order valence-electron chi connectivity index (χ3n) is 2.67. The number of benzene rings is 1. The van der Waals surface area contributed by atoms with E-state index in [9.17, 15) is 14.0 Å². The first-order chi connectivity index (χ1) is 8.99. The second-order valence-corrected chi connectivity index (χ2v) is 5.14. The molecule has 1 aromatic heterocycles. The summed E-state index contributed by atoms with van der Waals surface area (Å²) in [5, 5.41) is 0. The van der Waals surface area contributed by atoms with E-state index in [1.165, 1.54) is 35.0 Å². The van der Waals surface area contributed by atoms with Gasteiger partial charge in [0.05, 0.1) is 10.1 Å². The summed E-state index contributed by atoms with van der Waals surface area (Å²) in [6.45, 7) is 1.57. The second kappa shape index (κ2) is 5.60. The van der Waals surface area contributed by atoms with Gasteiger partial charge in [0.25, 0.3) is 5.56 Å². The number of nitrogens with zero attached hydrogens (tertiary/aromatic N) is 2. The number of aryl methyl sites for hydroxylation is 1. The molecule has 0 amide bonds. The van der Waals surface area contributed by atoms with Gasteiger partial charge in [-0.05, 0) is 53.8 Å². The molecule has 0 atom stereocenters. The molecule has 0 saturated heterocycles. The SMILES string of the molecule is Cc1ncc(I)c(=O)n1CC(=O)c1ccc(F)cc1. The van der Waals surface area contributed by atoms with Gasteiger partial charge in [-0.2, -0.15) is 0 Å². The first kappa shape index (κ1) is 13.9. The summed E-state index contributed by atoms with van der Waals surface area (Å²) in [5.41, 5.74) is 0.120. The van der Waals surface area contributed by atoms with Gasteiger partial charge in [-0.1, -0.05) is 0 Å². The van der Waals surface area contributed by atoms with Gasteiger partial charge in [0, 0.05) is 11.8 Å². The van der Waals surface area contributed by atoms with Crippen molar-refractivity contribution in [1.82, 2.24) is 9.55 Å². The number of hydrogen-bond donors (Lipinski definition) is 0. The van der Waals surface area contributed by atoms with Crippen LogP contribution in [-0.2, 0) is 6.54 Å². The molecule has 0 aliphatic carbocycles. The van der Waals surface area contributed by atoms with E-state index in [-0.39, 0.29) is 17.9 Å². The molecule has 6 heteroatoms. The molecular weight excluding hydrogens is 362 g/mol. The molecule has 0 N–H and O–H groups in total. The summed E-state index contributed by atoms with van der Waals surface area (Å²) in [6, 6.07) is 5.24. The van der Waals surface area contributed by atoms with Crippen LogP contribution in [0.4, 0.5) is 4.39 Å². The minimum Gasteiger partial charge on any atom is -0.292 e. The lowest BCUT2D eigenvalue weighted by Gasteiger charge is -2.08. The Labute approximate surface area is 122 Å². The Bertz CT molecular complexity index is 680. The highest BCUT2D eigenvalue weighted by molar-refractivity contribution is 14.1. The van der Waals surface area contributed by atoms with E-state index in [0.717, 1.165) is 0 Å². The van der Waals surface area contributed by atoms with E-state index in [4.69, 9.17) is 0 Å². The zero-order valence-electron chi connectivity index (χ0n) is 10.1. The number of carbonyl (C=O) groups is 1. The van der Waals surface area contributed by atoms with E-state index in [1.54, 1.807) is 6.92 Å². The zero-order valence-corrected chi connectivity index (χ0v) is 12.2. The molecule has 4 nitrogen and oxygen atoms in total. The average molecular weight is 372 g/mol. The van der Waals surface area contributed by atoms with Gasteiger partial charge >= 0.3 is 0 Å².